The molecule has 2 aromatic heterocycles. The predicted octanol–water partition coefficient (Wildman–Crippen LogP) is 1.14. The molecule has 1 fully saturated rings. The van der Waals surface area contributed by atoms with Gasteiger partial charge in [-0.2, -0.15) is 0 Å². The third-order valence-corrected chi connectivity index (χ3v) is 6.37. The summed E-state index contributed by atoms with van der Waals surface area (Å²) in [6.07, 6.45) is 2.13. The molecule has 1 amide bonds. The van der Waals surface area contributed by atoms with Crippen molar-refractivity contribution in [3.05, 3.63) is 23.2 Å². The van der Waals surface area contributed by atoms with Crippen molar-refractivity contribution in [2.75, 3.05) is 30.3 Å². The topological polar surface area (TPSA) is 93.4 Å². The van der Waals surface area contributed by atoms with Crippen LogP contribution in [-0.2, 0) is 9.84 Å². The van der Waals surface area contributed by atoms with Crippen LogP contribution in [0.3, 0.4) is 0 Å². The Morgan fingerprint density at radius 3 is 2.90 bits per heavy atom. The van der Waals surface area contributed by atoms with E-state index >= 15 is 0 Å². The van der Waals surface area contributed by atoms with Gasteiger partial charge in [0.2, 0.25) is 0 Å². The summed E-state index contributed by atoms with van der Waals surface area (Å²) in [5.74, 6) is -0.0465. The molecule has 1 aliphatic rings. The molecule has 0 spiro atoms. The SMILES string of the molecule is Nc1c(C(=O)N2CCCS(=O)(=O)CC2)sc2ncccc12. The lowest BCUT2D eigenvalue weighted by Crippen LogP contribution is -2.33. The number of pyridine rings is 1. The minimum atomic E-state index is -3.04. The van der Waals surface area contributed by atoms with E-state index in [1.165, 1.54) is 11.3 Å². The van der Waals surface area contributed by atoms with Crippen molar-refractivity contribution in [2.45, 2.75) is 6.42 Å². The first-order valence-corrected chi connectivity index (χ1v) is 9.24. The molecule has 3 rings (SSSR count). The predicted molar refractivity (Wildman–Crippen MR) is 83.2 cm³/mol. The van der Waals surface area contributed by atoms with Gasteiger partial charge in [0.25, 0.3) is 5.91 Å². The second kappa shape index (κ2) is 5.27. The smallest absolute Gasteiger partial charge is 0.266 e. The van der Waals surface area contributed by atoms with Crippen molar-refractivity contribution in [2.24, 2.45) is 0 Å². The average molecular weight is 325 g/mol. The number of carbonyl (C=O) groups excluding carboxylic acids is 1. The fraction of sp³-hybridized carbons (Fsp3) is 0.385. The van der Waals surface area contributed by atoms with E-state index in [0.29, 0.717) is 23.5 Å². The van der Waals surface area contributed by atoms with Crippen LogP contribution in [-0.4, -0.2) is 48.8 Å². The Labute approximate surface area is 126 Å². The normalized spacial score (nSPS) is 18.6. The first kappa shape index (κ1) is 14.3. The Morgan fingerprint density at radius 1 is 1.33 bits per heavy atom. The highest BCUT2D eigenvalue weighted by atomic mass is 32.2. The fourth-order valence-corrected chi connectivity index (χ4v) is 4.70. The molecule has 0 bridgehead atoms. The zero-order chi connectivity index (χ0) is 15.0. The number of hydrogen-bond donors (Lipinski definition) is 1. The molecule has 0 unspecified atom stereocenters. The molecular formula is C13H15N3O3S2. The second-order valence-electron chi connectivity index (χ2n) is 5.00. The molecule has 6 nitrogen and oxygen atoms in total. The van der Waals surface area contributed by atoms with E-state index in [9.17, 15) is 13.2 Å². The first-order chi connectivity index (χ1) is 9.98. The number of fused-ring (bicyclic) bond motifs is 1. The maximum atomic E-state index is 12.6. The van der Waals surface area contributed by atoms with Crippen molar-refractivity contribution in [1.82, 2.24) is 9.88 Å². The van der Waals surface area contributed by atoms with E-state index in [2.05, 4.69) is 4.98 Å². The summed E-state index contributed by atoms with van der Waals surface area (Å²) in [7, 11) is -3.04. The van der Waals surface area contributed by atoms with Crippen LogP contribution in [0.1, 0.15) is 16.1 Å². The van der Waals surface area contributed by atoms with Crippen LogP contribution in [0.4, 0.5) is 5.69 Å². The van der Waals surface area contributed by atoms with Gasteiger partial charge in [0.05, 0.1) is 17.2 Å². The summed E-state index contributed by atoms with van der Waals surface area (Å²) < 4.78 is 23.2. The molecule has 0 atom stereocenters. The van der Waals surface area contributed by atoms with E-state index in [1.54, 1.807) is 17.2 Å². The lowest BCUT2D eigenvalue weighted by molar-refractivity contribution is 0.0774. The van der Waals surface area contributed by atoms with E-state index in [-0.39, 0.29) is 24.0 Å². The Morgan fingerprint density at radius 2 is 2.14 bits per heavy atom. The van der Waals surface area contributed by atoms with Gasteiger partial charge in [-0.25, -0.2) is 13.4 Å². The van der Waals surface area contributed by atoms with Gasteiger partial charge in [0, 0.05) is 24.7 Å². The van der Waals surface area contributed by atoms with Gasteiger partial charge in [-0.15, -0.1) is 11.3 Å². The number of nitrogen functional groups attached to an aromatic ring is 1. The summed E-state index contributed by atoms with van der Waals surface area (Å²) >= 11 is 1.26. The summed E-state index contributed by atoms with van der Waals surface area (Å²) in [4.78, 5) is 19.5. The van der Waals surface area contributed by atoms with E-state index in [0.717, 1.165) is 10.2 Å². The van der Waals surface area contributed by atoms with Gasteiger partial charge in [-0.3, -0.25) is 4.79 Å². The van der Waals surface area contributed by atoms with E-state index < -0.39 is 9.84 Å². The maximum absolute atomic E-state index is 12.6. The van der Waals surface area contributed by atoms with Crippen molar-refractivity contribution in [3.63, 3.8) is 0 Å². The highest BCUT2D eigenvalue weighted by Gasteiger charge is 2.26. The van der Waals surface area contributed by atoms with Crippen molar-refractivity contribution in [3.8, 4) is 0 Å². The van der Waals surface area contributed by atoms with E-state index in [1.807, 2.05) is 6.07 Å². The molecule has 3 heterocycles. The van der Waals surface area contributed by atoms with Gasteiger partial charge >= 0.3 is 0 Å². The van der Waals surface area contributed by atoms with Crippen LogP contribution < -0.4 is 5.73 Å². The van der Waals surface area contributed by atoms with Gasteiger partial charge in [0.15, 0.2) is 9.84 Å². The zero-order valence-corrected chi connectivity index (χ0v) is 12.9. The van der Waals surface area contributed by atoms with Crippen LogP contribution in [0.5, 0.6) is 0 Å². The summed E-state index contributed by atoms with van der Waals surface area (Å²) in [5.41, 5.74) is 6.47. The minimum Gasteiger partial charge on any atom is -0.397 e. The number of sulfone groups is 1. The van der Waals surface area contributed by atoms with Crippen molar-refractivity contribution < 1.29 is 13.2 Å². The number of rotatable bonds is 1. The summed E-state index contributed by atoms with van der Waals surface area (Å²) in [6.45, 7) is 0.668. The molecule has 8 heteroatoms. The standard InChI is InChI=1S/C13H15N3O3S2/c14-10-9-3-1-4-15-12(9)20-11(10)13(17)16-5-2-7-21(18,19)8-6-16/h1,3-4H,2,5-8,14H2. The molecule has 1 aliphatic heterocycles. The Bertz CT molecular complexity index is 798. The number of hydrogen-bond acceptors (Lipinski definition) is 6. The lowest BCUT2D eigenvalue weighted by Gasteiger charge is -2.19. The molecule has 2 N–H and O–H groups in total. The largest absolute Gasteiger partial charge is 0.397 e. The van der Waals surface area contributed by atoms with E-state index in [4.69, 9.17) is 5.73 Å². The number of amides is 1. The Hall–Kier alpha value is -1.67. The molecule has 0 aliphatic carbocycles. The van der Waals surface area contributed by atoms with Gasteiger partial charge in [0.1, 0.15) is 9.71 Å². The minimum absolute atomic E-state index is 0.0157. The summed E-state index contributed by atoms with van der Waals surface area (Å²) in [6, 6.07) is 3.61. The molecule has 112 valence electrons. The van der Waals surface area contributed by atoms with Crippen LogP contribution in [0.25, 0.3) is 10.2 Å². The number of carbonyl (C=O) groups is 1. The van der Waals surface area contributed by atoms with Crippen LogP contribution in [0.15, 0.2) is 18.3 Å². The van der Waals surface area contributed by atoms with Gasteiger partial charge in [-0.05, 0) is 18.6 Å². The highest BCUT2D eigenvalue weighted by molar-refractivity contribution is 7.91. The number of nitrogens with two attached hydrogens (primary N) is 1. The van der Waals surface area contributed by atoms with Crippen molar-refractivity contribution >= 4 is 43.0 Å². The van der Waals surface area contributed by atoms with Crippen LogP contribution in [0, 0.1) is 0 Å². The molecule has 2 aromatic rings. The van der Waals surface area contributed by atoms with Gasteiger partial charge < -0.3 is 10.6 Å². The van der Waals surface area contributed by atoms with Crippen molar-refractivity contribution in [1.29, 1.82) is 0 Å². The highest BCUT2D eigenvalue weighted by Crippen LogP contribution is 2.33. The third kappa shape index (κ3) is 2.73. The second-order valence-corrected chi connectivity index (χ2v) is 8.30. The molecular weight excluding hydrogens is 310 g/mol. The van der Waals surface area contributed by atoms with Crippen LogP contribution >= 0.6 is 11.3 Å². The summed E-state index contributed by atoms with van der Waals surface area (Å²) in [5, 5.41) is 0.772. The average Bonchev–Trinajstić information content (AvgIpc) is 2.67. The third-order valence-electron chi connectivity index (χ3n) is 3.54. The quantitative estimate of drug-likeness (QED) is 0.848. The molecule has 21 heavy (non-hydrogen) atoms. The number of nitrogens with zero attached hydrogens (tertiary/aromatic N) is 2. The molecule has 0 saturated carbocycles. The fourth-order valence-electron chi connectivity index (χ4n) is 2.40. The number of anilines is 1. The van der Waals surface area contributed by atoms with Crippen LogP contribution in [0.2, 0.25) is 0 Å². The molecule has 1 saturated heterocycles. The van der Waals surface area contributed by atoms with Gasteiger partial charge in [-0.1, -0.05) is 0 Å². The maximum Gasteiger partial charge on any atom is 0.266 e. The first-order valence-electron chi connectivity index (χ1n) is 6.60. The Balaban J connectivity index is 1.92. The molecule has 0 radical (unpaired) electrons. The monoisotopic (exact) mass is 325 g/mol. The number of thiophene rings is 1. The number of aromatic nitrogens is 1. The zero-order valence-electron chi connectivity index (χ0n) is 11.3. The lowest BCUT2D eigenvalue weighted by atomic mass is 10.2. The Kier molecular flexibility index (Phi) is 3.58. The molecule has 0 aromatic carbocycles.